The van der Waals surface area contributed by atoms with Crippen molar-refractivity contribution in [2.75, 3.05) is 0 Å². The summed E-state index contributed by atoms with van der Waals surface area (Å²) in [5.74, 6) is -0.294. The Morgan fingerprint density at radius 2 is 1.15 bits per heavy atom. The van der Waals surface area contributed by atoms with Crippen molar-refractivity contribution in [3.05, 3.63) is 104 Å². The number of benzene rings is 3. The van der Waals surface area contributed by atoms with E-state index in [1.807, 2.05) is 24.3 Å². The van der Waals surface area contributed by atoms with Crippen molar-refractivity contribution in [2.24, 2.45) is 5.10 Å². The third kappa shape index (κ3) is 4.73. The van der Waals surface area contributed by atoms with Crippen LogP contribution < -0.4 is 5.43 Å². The van der Waals surface area contributed by atoms with Crippen LogP contribution in [0.2, 0.25) is 10.0 Å². The van der Waals surface area contributed by atoms with Crippen LogP contribution in [0.3, 0.4) is 0 Å². The minimum absolute atomic E-state index is 0.294. The van der Waals surface area contributed by atoms with E-state index in [1.54, 1.807) is 48.5 Å². The number of nitrogens with one attached hydrogen (secondary N) is 1. The molecule has 0 atom stereocenters. The number of halogens is 3. The maximum atomic E-state index is 12.4. The van der Waals surface area contributed by atoms with Gasteiger partial charge in [0, 0.05) is 31.2 Å². The van der Waals surface area contributed by atoms with Gasteiger partial charge in [0.15, 0.2) is 0 Å². The molecule has 26 heavy (non-hydrogen) atoms. The van der Waals surface area contributed by atoms with Gasteiger partial charge in [-0.05, 0) is 48.5 Å². The van der Waals surface area contributed by atoms with Gasteiger partial charge in [-0.3, -0.25) is 4.79 Å². The second kappa shape index (κ2) is 8.49. The van der Waals surface area contributed by atoms with Gasteiger partial charge in [-0.15, -0.1) is 0 Å². The lowest BCUT2D eigenvalue weighted by Gasteiger charge is -2.09. The Balaban J connectivity index is 1.93. The molecule has 0 spiro atoms. The van der Waals surface area contributed by atoms with Gasteiger partial charge in [0.05, 0.1) is 5.71 Å². The highest BCUT2D eigenvalue weighted by Crippen LogP contribution is 2.17. The van der Waals surface area contributed by atoms with Crippen molar-refractivity contribution in [3.63, 3.8) is 0 Å². The minimum atomic E-state index is -0.294. The number of nitrogens with zero attached hydrogens (tertiary/aromatic N) is 1. The van der Waals surface area contributed by atoms with Crippen molar-refractivity contribution in [2.45, 2.75) is 0 Å². The lowest BCUT2D eigenvalue weighted by molar-refractivity contribution is 0.0955. The minimum Gasteiger partial charge on any atom is -0.267 e. The van der Waals surface area contributed by atoms with Gasteiger partial charge in [0.2, 0.25) is 0 Å². The van der Waals surface area contributed by atoms with Crippen LogP contribution in [0.1, 0.15) is 21.5 Å². The summed E-state index contributed by atoms with van der Waals surface area (Å²) in [5, 5.41) is 5.60. The molecule has 0 aliphatic rings. The predicted molar refractivity (Wildman–Crippen MR) is 110 cm³/mol. The molecule has 1 amide bonds. The second-order valence-electron chi connectivity index (χ2n) is 5.42. The average molecular weight is 448 g/mol. The van der Waals surface area contributed by atoms with Crippen LogP contribution in [0.4, 0.5) is 0 Å². The van der Waals surface area contributed by atoms with Crippen molar-refractivity contribution in [1.29, 1.82) is 0 Å². The number of hydrogen-bond donors (Lipinski definition) is 1. The van der Waals surface area contributed by atoms with E-state index < -0.39 is 0 Å². The maximum Gasteiger partial charge on any atom is 0.271 e. The van der Waals surface area contributed by atoms with Crippen molar-refractivity contribution in [3.8, 4) is 0 Å². The van der Waals surface area contributed by atoms with Gasteiger partial charge in [-0.1, -0.05) is 63.4 Å². The standard InChI is InChI=1S/C20H13BrCl2N2O/c21-16-7-1-15(2-8-16)20(26)25-24-19(13-3-9-17(22)10-4-13)14-5-11-18(23)12-6-14/h1-12H,(H,25,26). The molecule has 0 saturated heterocycles. The smallest absolute Gasteiger partial charge is 0.267 e. The molecule has 0 unspecified atom stereocenters. The molecule has 0 radical (unpaired) electrons. The molecule has 0 aromatic heterocycles. The Hall–Kier alpha value is -2.14. The van der Waals surface area contributed by atoms with Crippen LogP contribution in [0, 0.1) is 0 Å². The summed E-state index contributed by atoms with van der Waals surface area (Å²) in [6.07, 6.45) is 0. The topological polar surface area (TPSA) is 41.5 Å². The summed E-state index contributed by atoms with van der Waals surface area (Å²) in [5.41, 5.74) is 5.40. The van der Waals surface area contributed by atoms with Crippen LogP contribution in [-0.2, 0) is 0 Å². The molecule has 0 aliphatic heterocycles. The normalized spacial score (nSPS) is 10.3. The lowest BCUT2D eigenvalue weighted by atomic mass is 10.0. The summed E-state index contributed by atoms with van der Waals surface area (Å²) in [4.78, 5) is 12.4. The number of carbonyl (C=O) groups is 1. The van der Waals surface area contributed by atoms with Crippen molar-refractivity contribution < 1.29 is 4.79 Å². The van der Waals surface area contributed by atoms with Crippen LogP contribution >= 0.6 is 39.1 Å². The number of hydrazone groups is 1. The first-order valence-electron chi connectivity index (χ1n) is 7.68. The molecule has 1 N–H and O–H groups in total. The Kier molecular flexibility index (Phi) is 6.09. The summed E-state index contributed by atoms with van der Waals surface area (Å²) in [7, 11) is 0. The molecule has 0 bridgehead atoms. The van der Waals surface area contributed by atoms with E-state index in [1.165, 1.54) is 0 Å². The molecular formula is C20H13BrCl2N2O. The summed E-state index contributed by atoms with van der Waals surface area (Å²) in [6, 6.07) is 21.6. The van der Waals surface area contributed by atoms with Crippen molar-refractivity contribution >= 4 is 50.8 Å². The molecule has 6 heteroatoms. The fraction of sp³-hybridized carbons (Fsp3) is 0. The largest absolute Gasteiger partial charge is 0.271 e. The highest BCUT2D eigenvalue weighted by molar-refractivity contribution is 9.10. The zero-order valence-corrected chi connectivity index (χ0v) is 16.5. The molecule has 3 rings (SSSR count). The highest BCUT2D eigenvalue weighted by atomic mass is 79.9. The maximum absolute atomic E-state index is 12.4. The third-order valence-electron chi connectivity index (χ3n) is 3.61. The Bertz CT molecular complexity index is 890. The number of hydrogen-bond acceptors (Lipinski definition) is 2. The van der Waals surface area contributed by atoms with E-state index in [4.69, 9.17) is 23.2 Å². The lowest BCUT2D eigenvalue weighted by Crippen LogP contribution is -2.20. The van der Waals surface area contributed by atoms with Crippen LogP contribution in [0.25, 0.3) is 0 Å². The Labute approximate surface area is 169 Å². The van der Waals surface area contributed by atoms with E-state index in [0.717, 1.165) is 15.6 Å². The van der Waals surface area contributed by atoms with Crippen molar-refractivity contribution in [1.82, 2.24) is 5.43 Å². The molecule has 0 saturated carbocycles. The monoisotopic (exact) mass is 446 g/mol. The predicted octanol–water partition coefficient (Wildman–Crippen LogP) is 5.94. The molecule has 0 aliphatic carbocycles. The van der Waals surface area contributed by atoms with Crippen LogP contribution in [-0.4, -0.2) is 11.6 Å². The molecule has 0 fully saturated rings. The Morgan fingerprint density at radius 1 is 0.731 bits per heavy atom. The van der Waals surface area contributed by atoms with E-state index in [9.17, 15) is 4.79 Å². The van der Waals surface area contributed by atoms with Gasteiger partial charge < -0.3 is 0 Å². The first-order valence-corrected chi connectivity index (χ1v) is 9.23. The Morgan fingerprint density at radius 3 is 1.62 bits per heavy atom. The first-order chi connectivity index (χ1) is 12.5. The molecular weight excluding hydrogens is 435 g/mol. The first kappa shape index (κ1) is 18.6. The van der Waals surface area contributed by atoms with Gasteiger partial charge in [-0.25, -0.2) is 5.43 Å². The van der Waals surface area contributed by atoms with E-state index >= 15 is 0 Å². The molecule has 3 aromatic carbocycles. The van der Waals surface area contributed by atoms with Crippen LogP contribution in [0.5, 0.6) is 0 Å². The fourth-order valence-corrected chi connectivity index (χ4v) is 2.80. The van der Waals surface area contributed by atoms with E-state index in [-0.39, 0.29) is 5.91 Å². The summed E-state index contributed by atoms with van der Waals surface area (Å²) in [6.45, 7) is 0. The zero-order valence-electron chi connectivity index (χ0n) is 13.4. The van der Waals surface area contributed by atoms with E-state index in [0.29, 0.717) is 21.3 Å². The molecule has 0 heterocycles. The number of rotatable bonds is 4. The molecule has 130 valence electrons. The molecule has 3 aromatic rings. The number of carbonyl (C=O) groups excluding carboxylic acids is 1. The van der Waals surface area contributed by atoms with Crippen LogP contribution in [0.15, 0.2) is 82.4 Å². The number of amides is 1. The molecule has 3 nitrogen and oxygen atoms in total. The summed E-state index contributed by atoms with van der Waals surface area (Å²) < 4.78 is 0.903. The second-order valence-corrected chi connectivity index (χ2v) is 7.21. The zero-order chi connectivity index (χ0) is 18.5. The summed E-state index contributed by atoms with van der Waals surface area (Å²) >= 11 is 15.3. The SMILES string of the molecule is O=C(NN=C(c1ccc(Cl)cc1)c1ccc(Cl)cc1)c1ccc(Br)cc1. The van der Waals surface area contributed by atoms with Gasteiger partial charge in [-0.2, -0.15) is 5.10 Å². The highest BCUT2D eigenvalue weighted by Gasteiger charge is 2.10. The quantitative estimate of drug-likeness (QED) is 0.390. The van der Waals surface area contributed by atoms with E-state index in [2.05, 4.69) is 26.5 Å². The van der Waals surface area contributed by atoms with Gasteiger partial charge >= 0.3 is 0 Å². The van der Waals surface area contributed by atoms with Gasteiger partial charge in [0.1, 0.15) is 0 Å². The van der Waals surface area contributed by atoms with Gasteiger partial charge in [0.25, 0.3) is 5.91 Å². The third-order valence-corrected chi connectivity index (χ3v) is 4.64. The average Bonchev–Trinajstić information content (AvgIpc) is 2.65. The fourth-order valence-electron chi connectivity index (χ4n) is 2.28.